The Morgan fingerprint density at radius 1 is 1.31 bits per heavy atom. The van der Waals surface area contributed by atoms with E-state index in [4.69, 9.17) is 0 Å². The Kier molecular flexibility index (Phi) is 9.86. The zero-order valence-corrected chi connectivity index (χ0v) is 18.4. The average Bonchev–Trinajstić information content (AvgIpc) is 3.23. The van der Waals surface area contributed by atoms with Crippen LogP contribution in [0.25, 0.3) is 0 Å². The lowest BCUT2D eigenvalue weighted by Crippen LogP contribution is -2.38. The molecule has 146 valence electrons. The first-order chi connectivity index (χ1) is 11.9. The van der Waals surface area contributed by atoms with Crippen molar-refractivity contribution >= 4 is 52.6 Å². The molecule has 10 heteroatoms. The van der Waals surface area contributed by atoms with Crippen molar-refractivity contribution in [3.63, 3.8) is 0 Å². The summed E-state index contributed by atoms with van der Waals surface area (Å²) in [4.78, 5) is 8.17. The van der Waals surface area contributed by atoms with Crippen molar-refractivity contribution in [2.45, 2.75) is 32.4 Å². The number of alkyl halides is 3. The Bertz CT molecular complexity index is 671. The molecule has 26 heavy (non-hydrogen) atoms. The van der Waals surface area contributed by atoms with Gasteiger partial charge < -0.3 is 10.6 Å². The summed E-state index contributed by atoms with van der Waals surface area (Å²) in [5, 5.41) is 12.0. The van der Waals surface area contributed by atoms with E-state index in [1.165, 1.54) is 5.56 Å². The first-order valence-electron chi connectivity index (χ1n) is 7.96. The predicted octanol–water partition coefficient (Wildman–Crippen LogP) is 4.74. The molecule has 2 aromatic rings. The molecule has 0 aliphatic rings. The summed E-state index contributed by atoms with van der Waals surface area (Å²) < 4.78 is 37.6. The Morgan fingerprint density at radius 3 is 2.65 bits per heavy atom. The summed E-state index contributed by atoms with van der Waals surface area (Å²) in [6, 6.07) is 2.09. The van der Waals surface area contributed by atoms with E-state index in [0.717, 1.165) is 16.7 Å². The molecular weight excluding hydrogens is 496 g/mol. The quantitative estimate of drug-likeness (QED) is 0.316. The number of nitrogens with zero attached hydrogens (tertiary/aromatic N) is 2. The normalized spacial score (nSPS) is 13.2. The minimum absolute atomic E-state index is 0. The van der Waals surface area contributed by atoms with Crippen LogP contribution in [0.15, 0.2) is 27.2 Å². The standard InChI is InChI=1S/C16H21F3N4S2.HI/c1-3-20-15(22-8-11(2)12-5-7-24-9-12)21-6-4-14-23-13(10-25-14)16(17,18)19;/h5,7,9-11H,3-4,6,8H2,1-2H3,(H2,20,21,22);1H. The van der Waals surface area contributed by atoms with Gasteiger partial charge in [0, 0.05) is 37.4 Å². The molecule has 0 radical (unpaired) electrons. The lowest BCUT2D eigenvalue weighted by molar-refractivity contribution is -0.140. The minimum atomic E-state index is -4.38. The second-order valence-corrected chi connectivity index (χ2v) is 7.20. The molecule has 0 aromatic carbocycles. The monoisotopic (exact) mass is 518 g/mol. The molecule has 0 bridgehead atoms. The van der Waals surface area contributed by atoms with E-state index in [1.807, 2.05) is 12.3 Å². The van der Waals surface area contributed by atoms with E-state index >= 15 is 0 Å². The Hall–Kier alpha value is -0.880. The number of thiophene rings is 1. The summed E-state index contributed by atoms with van der Waals surface area (Å²) in [7, 11) is 0. The van der Waals surface area contributed by atoms with E-state index in [2.05, 4.69) is 39.0 Å². The van der Waals surface area contributed by atoms with Gasteiger partial charge in [-0.1, -0.05) is 6.92 Å². The number of rotatable bonds is 7. The van der Waals surface area contributed by atoms with Gasteiger partial charge in [0.1, 0.15) is 0 Å². The van der Waals surface area contributed by atoms with Crippen LogP contribution in [0, 0.1) is 0 Å². The maximum absolute atomic E-state index is 12.5. The fraction of sp³-hybridized carbons (Fsp3) is 0.500. The largest absolute Gasteiger partial charge is 0.434 e. The van der Waals surface area contributed by atoms with Crippen molar-refractivity contribution in [1.82, 2.24) is 15.6 Å². The Morgan fingerprint density at radius 2 is 2.08 bits per heavy atom. The van der Waals surface area contributed by atoms with Crippen LogP contribution in [0.5, 0.6) is 0 Å². The topological polar surface area (TPSA) is 49.3 Å². The van der Waals surface area contributed by atoms with Gasteiger partial charge in [0.25, 0.3) is 0 Å². The average molecular weight is 518 g/mol. The van der Waals surface area contributed by atoms with E-state index in [0.29, 0.717) is 42.9 Å². The second kappa shape index (κ2) is 11.1. The van der Waals surface area contributed by atoms with Gasteiger partial charge in [-0.15, -0.1) is 35.3 Å². The molecule has 2 N–H and O–H groups in total. The van der Waals surface area contributed by atoms with Crippen LogP contribution in [-0.2, 0) is 12.6 Å². The van der Waals surface area contributed by atoms with Crippen molar-refractivity contribution in [2.75, 3.05) is 19.6 Å². The molecular formula is C16H22F3IN4S2. The number of aromatic nitrogens is 1. The van der Waals surface area contributed by atoms with E-state index < -0.39 is 11.9 Å². The smallest absolute Gasteiger partial charge is 0.357 e. The summed E-state index contributed by atoms with van der Waals surface area (Å²) in [6.07, 6.45) is -3.96. The number of thiazole rings is 1. The van der Waals surface area contributed by atoms with E-state index in [1.54, 1.807) is 11.3 Å². The molecule has 0 amide bonds. The van der Waals surface area contributed by atoms with E-state index in [9.17, 15) is 13.2 Å². The van der Waals surface area contributed by atoms with Gasteiger partial charge in [-0.05, 0) is 29.3 Å². The lowest BCUT2D eigenvalue weighted by Gasteiger charge is -2.12. The molecule has 0 saturated carbocycles. The number of aliphatic imine (C=N–C) groups is 1. The first-order valence-corrected chi connectivity index (χ1v) is 9.78. The highest BCUT2D eigenvalue weighted by atomic mass is 127. The Balaban J connectivity index is 0.00000338. The number of hydrogen-bond donors (Lipinski definition) is 2. The molecule has 0 spiro atoms. The fourth-order valence-corrected chi connectivity index (χ4v) is 3.66. The molecule has 2 heterocycles. The molecule has 2 aromatic heterocycles. The van der Waals surface area contributed by atoms with Gasteiger partial charge in [-0.25, -0.2) is 4.98 Å². The zero-order chi connectivity index (χ0) is 18.3. The molecule has 0 aliphatic heterocycles. The van der Waals surface area contributed by atoms with Crippen molar-refractivity contribution < 1.29 is 13.2 Å². The minimum Gasteiger partial charge on any atom is -0.357 e. The van der Waals surface area contributed by atoms with Gasteiger partial charge in [-0.2, -0.15) is 24.5 Å². The van der Waals surface area contributed by atoms with Gasteiger partial charge in [-0.3, -0.25) is 4.99 Å². The molecule has 1 atom stereocenters. The predicted molar refractivity (Wildman–Crippen MR) is 113 cm³/mol. The van der Waals surface area contributed by atoms with E-state index in [-0.39, 0.29) is 24.0 Å². The summed E-state index contributed by atoms with van der Waals surface area (Å²) in [5.41, 5.74) is 0.435. The van der Waals surface area contributed by atoms with Crippen LogP contribution in [-0.4, -0.2) is 30.6 Å². The number of halogens is 4. The summed E-state index contributed by atoms with van der Waals surface area (Å²) >= 11 is 2.69. The molecule has 0 aliphatic carbocycles. The van der Waals surface area contributed by atoms with Crippen molar-refractivity contribution in [3.8, 4) is 0 Å². The molecule has 2 rings (SSSR count). The third-order valence-electron chi connectivity index (χ3n) is 3.45. The van der Waals surface area contributed by atoms with Crippen LogP contribution >= 0.6 is 46.7 Å². The second-order valence-electron chi connectivity index (χ2n) is 5.48. The Labute approximate surface area is 176 Å². The van der Waals surface area contributed by atoms with Crippen LogP contribution < -0.4 is 10.6 Å². The van der Waals surface area contributed by atoms with Gasteiger partial charge in [0.15, 0.2) is 11.7 Å². The summed E-state index contributed by atoms with van der Waals surface area (Å²) in [5.74, 6) is 0.979. The third-order valence-corrected chi connectivity index (χ3v) is 5.06. The number of guanidine groups is 1. The van der Waals surface area contributed by atoms with Crippen molar-refractivity contribution in [2.24, 2.45) is 4.99 Å². The summed E-state index contributed by atoms with van der Waals surface area (Å²) in [6.45, 7) is 5.92. The van der Waals surface area contributed by atoms with Crippen LogP contribution in [0.3, 0.4) is 0 Å². The number of nitrogens with one attached hydrogen (secondary N) is 2. The first kappa shape index (κ1) is 23.2. The highest BCUT2D eigenvalue weighted by Gasteiger charge is 2.33. The third kappa shape index (κ3) is 7.39. The number of hydrogen-bond acceptors (Lipinski definition) is 4. The van der Waals surface area contributed by atoms with Crippen LogP contribution in [0.4, 0.5) is 13.2 Å². The maximum Gasteiger partial charge on any atom is 0.434 e. The molecule has 0 fully saturated rings. The highest BCUT2D eigenvalue weighted by Crippen LogP contribution is 2.30. The zero-order valence-electron chi connectivity index (χ0n) is 14.5. The molecule has 0 saturated heterocycles. The van der Waals surface area contributed by atoms with Gasteiger partial charge in [0.2, 0.25) is 0 Å². The lowest BCUT2D eigenvalue weighted by atomic mass is 10.1. The maximum atomic E-state index is 12.5. The van der Waals surface area contributed by atoms with Crippen molar-refractivity contribution in [1.29, 1.82) is 0 Å². The van der Waals surface area contributed by atoms with Crippen LogP contribution in [0.2, 0.25) is 0 Å². The fourth-order valence-electron chi connectivity index (χ4n) is 2.07. The van der Waals surface area contributed by atoms with Gasteiger partial charge >= 0.3 is 6.18 Å². The van der Waals surface area contributed by atoms with Crippen LogP contribution in [0.1, 0.15) is 36.0 Å². The molecule has 4 nitrogen and oxygen atoms in total. The highest BCUT2D eigenvalue weighted by molar-refractivity contribution is 14.0. The van der Waals surface area contributed by atoms with Crippen molar-refractivity contribution in [3.05, 3.63) is 38.5 Å². The van der Waals surface area contributed by atoms with Gasteiger partial charge in [0.05, 0.1) is 5.01 Å². The SMILES string of the molecule is CCNC(=NCC(C)c1ccsc1)NCCc1nc(C(F)(F)F)cs1.I. The molecule has 1 unspecified atom stereocenters.